The summed E-state index contributed by atoms with van der Waals surface area (Å²) in [4.78, 5) is 37.2. The number of amides is 2. The van der Waals surface area contributed by atoms with E-state index in [2.05, 4.69) is 21.3 Å². The molecule has 0 radical (unpaired) electrons. The Bertz CT molecular complexity index is 839. The molecule has 2 aliphatic rings. The lowest BCUT2D eigenvalue weighted by Crippen LogP contribution is -2.48. The van der Waals surface area contributed by atoms with Gasteiger partial charge in [0.2, 0.25) is 11.8 Å². The average Bonchev–Trinajstić information content (AvgIpc) is 3.26. The van der Waals surface area contributed by atoms with Gasteiger partial charge in [-0.05, 0) is 44.9 Å². The van der Waals surface area contributed by atoms with Crippen LogP contribution >= 0.6 is 0 Å². The highest BCUT2D eigenvalue weighted by molar-refractivity contribution is 5.82. The number of aryl methyl sites for hydroxylation is 1. The highest BCUT2D eigenvalue weighted by Crippen LogP contribution is 2.26. The van der Waals surface area contributed by atoms with Gasteiger partial charge in [0.1, 0.15) is 18.3 Å². The molecule has 160 valence electrons. The molecule has 0 saturated carbocycles. The summed E-state index contributed by atoms with van der Waals surface area (Å²) in [5.74, 6) is -0.664. The van der Waals surface area contributed by atoms with Crippen LogP contribution in [0.5, 0.6) is 0 Å². The largest absolute Gasteiger partial charge is 0.405 e. The number of fused-ring (bicyclic) bond motifs is 1. The first-order valence-corrected chi connectivity index (χ1v) is 9.50. The number of anilines is 1. The zero-order valence-electron chi connectivity index (χ0n) is 15.9. The second-order valence-corrected chi connectivity index (χ2v) is 7.30. The summed E-state index contributed by atoms with van der Waals surface area (Å²) in [5, 5.41) is 10.6. The van der Waals surface area contributed by atoms with Gasteiger partial charge in [0.05, 0.1) is 6.17 Å². The Morgan fingerprint density at radius 2 is 2.07 bits per heavy atom. The Morgan fingerprint density at radius 3 is 2.69 bits per heavy atom. The maximum absolute atomic E-state index is 12.8. The lowest BCUT2D eigenvalue weighted by Gasteiger charge is -2.23. The molecule has 4 N–H and O–H groups in total. The minimum absolute atomic E-state index is 0.0534. The third-order valence-corrected chi connectivity index (χ3v) is 5.32. The maximum atomic E-state index is 12.8. The number of alkyl halides is 3. The SMILES string of the molecule is CN[C@H](C[C@@H]1CCNC1=O)NC(=O)[C@@H]1CCc2ccc(NCC(F)(F)F)c(=O)n21. The van der Waals surface area contributed by atoms with Gasteiger partial charge in [-0.1, -0.05) is 0 Å². The van der Waals surface area contributed by atoms with Crippen LogP contribution in [-0.2, 0) is 16.0 Å². The molecule has 0 unspecified atom stereocenters. The fraction of sp³-hybridized carbons (Fsp3) is 0.611. The molecule has 0 aliphatic carbocycles. The lowest BCUT2D eigenvalue weighted by atomic mass is 10.0. The van der Waals surface area contributed by atoms with E-state index >= 15 is 0 Å². The van der Waals surface area contributed by atoms with Crippen molar-refractivity contribution in [1.29, 1.82) is 0 Å². The number of carbonyl (C=O) groups is 2. The smallest absolute Gasteiger partial charge is 0.372 e. The van der Waals surface area contributed by atoms with Crippen molar-refractivity contribution < 1.29 is 22.8 Å². The monoisotopic (exact) mass is 415 g/mol. The van der Waals surface area contributed by atoms with Crippen LogP contribution in [0, 0.1) is 5.92 Å². The molecule has 0 spiro atoms. The van der Waals surface area contributed by atoms with Gasteiger partial charge in [0.25, 0.3) is 5.56 Å². The first-order valence-electron chi connectivity index (χ1n) is 9.50. The zero-order chi connectivity index (χ0) is 21.2. The first kappa shape index (κ1) is 21.2. The van der Waals surface area contributed by atoms with Crippen LogP contribution in [0.25, 0.3) is 0 Å². The van der Waals surface area contributed by atoms with Gasteiger partial charge in [-0.15, -0.1) is 0 Å². The highest BCUT2D eigenvalue weighted by Gasteiger charge is 2.33. The van der Waals surface area contributed by atoms with Gasteiger partial charge in [-0.3, -0.25) is 19.0 Å². The van der Waals surface area contributed by atoms with E-state index in [9.17, 15) is 27.6 Å². The summed E-state index contributed by atoms with van der Waals surface area (Å²) in [5.41, 5.74) is -0.247. The van der Waals surface area contributed by atoms with E-state index < -0.39 is 36.4 Å². The van der Waals surface area contributed by atoms with Crippen molar-refractivity contribution in [1.82, 2.24) is 20.5 Å². The van der Waals surface area contributed by atoms with Crippen LogP contribution < -0.4 is 26.8 Å². The van der Waals surface area contributed by atoms with E-state index in [-0.39, 0.29) is 17.5 Å². The van der Waals surface area contributed by atoms with Crippen molar-refractivity contribution in [3.8, 4) is 0 Å². The molecule has 3 atom stereocenters. The summed E-state index contributed by atoms with van der Waals surface area (Å²) in [6.45, 7) is -0.725. The molecule has 3 heterocycles. The molecule has 1 fully saturated rings. The molecule has 2 amide bonds. The highest BCUT2D eigenvalue weighted by atomic mass is 19.4. The van der Waals surface area contributed by atoms with E-state index in [4.69, 9.17) is 0 Å². The molecular weight excluding hydrogens is 391 g/mol. The summed E-state index contributed by atoms with van der Waals surface area (Å²) in [6, 6.07) is 2.07. The minimum atomic E-state index is -4.46. The molecule has 29 heavy (non-hydrogen) atoms. The molecule has 11 heteroatoms. The molecule has 3 rings (SSSR count). The Hall–Kier alpha value is -2.56. The van der Waals surface area contributed by atoms with Crippen LogP contribution in [0.15, 0.2) is 16.9 Å². The zero-order valence-corrected chi connectivity index (χ0v) is 15.9. The maximum Gasteiger partial charge on any atom is 0.405 e. The minimum Gasteiger partial charge on any atom is -0.372 e. The quantitative estimate of drug-likeness (QED) is 0.486. The van der Waals surface area contributed by atoms with Crippen molar-refractivity contribution in [3.63, 3.8) is 0 Å². The average molecular weight is 415 g/mol. The summed E-state index contributed by atoms with van der Waals surface area (Å²) in [6.07, 6.45) is -2.96. The molecule has 1 saturated heterocycles. The predicted octanol–water partition coefficient (Wildman–Crippen LogP) is 0.498. The number of pyridine rings is 1. The van der Waals surface area contributed by atoms with Gasteiger partial charge >= 0.3 is 6.18 Å². The van der Waals surface area contributed by atoms with Gasteiger partial charge in [-0.2, -0.15) is 13.2 Å². The number of hydrogen-bond acceptors (Lipinski definition) is 5. The van der Waals surface area contributed by atoms with Crippen molar-refractivity contribution in [2.75, 3.05) is 25.5 Å². The van der Waals surface area contributed by atoms with Crippen molar-refractivity contribution in [2.45, 2.75) is 44.1 Å². The molecule has 0 aromatic carbocycles. The topological polar surface area (TPSA) is 104 Å². The van der Waals surface area contributed by atoms with E-state index in [1.165, 1.54) is 10.6 Å². The van der Waals surface area contributed by atoms with Crippen molar-refractivity contribution in [2.24, 2.45) is 5.92 Å². The van der Waals surface area contributed by atoms with Crippen LogP contribution in [0.2, 0.25) is 0 Å². The normalized spacial score (nSPS) is 22.1. The van der Waals surface area contributed by atoms with Crippen molar-refractivity contribution in [3.05, 3.63) is 28.2 Å². The Morgan fingerprint density at radius 1 is 1.31 bits per heavy atom. The number of halogens is 3. The van der Waals surface area contributed by atoms with Crippen LogP contribution in [0.4, 0.5) is 18.9 Å². The van der Waals surface area contributed by atoms with Gasteiger partial charge < -0.3 is 21.3 Å². The fourth-order valence-corrected chi connectivity index (χ4v) is 3.80. The molecule has 0 bridgehead atoms. The van der Waals surface area contributed by atoms with Crippen molar-refractivity contribution >= 4 is 17.5 Å². The van der Waals surface area contributed by atoms with E-state index in [0.29, 0.717) is 37.9 Å². The number of aromatic nitrogens is 1. The van der Waals surface area contributed by atoms with Crippen LogP contribution in [-0.4, -0.2) is 48.9 Å². The second-order valence-electron chi connectivity index (χ2n) is 7.30. The molecule has 1 aromatic heterocycles. The molecule has 2 aliphatic heterocycles. The first-order chi connectivity index (χ1) is 13.7. The standard InChI is InChI=1S/C18H24F3N5O3/c1-22-14(8-10-6-7-23-15(10)27)25-16(28)13-5-3-11-2-4-12(17(29)26(11)13)24-9-18(19,20)21/h2,4,10,13-14,22,24H,3,5-9H2,1H3,(H,23,27)(H,25,28)/t10-,13-,14-/m0/s1. The predicted molar refractivity (Wildman–Crippen MR) is 99.3 cm³/mol. The molecular formula is C18H24F3N5O3. The van der Waals surface area contributed by atoms with E-state index in [0.717, 1.165) is 0 Å². The Kier molecular flexibility index (Phi) is 6.15. The Labute approximate surface area is 165 Å². The number of hydrogen-bond donors (Lipinski definition) is 4. The number of nitrogens with zero attached hydrogens (tertiary/aromatic N) is 1. The summed E-state index contributed by atoms with van der Waals surface area (Å²) >= 11 is 0. The fourth-order valence-electron chi connectivity index (χ4n) is 3.80. The Balaban J connectivity index is 1.71. The molecule has 1 aromatic rings. The van der Waals surface area contributed by atoms with Crippen LogP contribution in [0.1, 0.15) is 31.0 Å². The van der Waals surface area contributed by atoms with Gasteiger partial charge in [0, 0.05) is 18.2 Å². The molecule has 8 nitrogen and oxygen atoms in total. The van der Waals surface area contributed by atoms with Gasteiger partial charge in [-0.25, -0.2) is 0 Å². The van der Waals surface area contributed by atoms with Gasteiger partial charge in [0.15, 0.2) is 0 Å². The lowest BCUT2D eigenvalue weighted by molar-refractivity contribution is -0.126. The number of nitrogens with one attached hydrogen (secondary N) is 4. The van der Waals surface area contributed by atoms with Crippen LogP contribution in [0.3, 0.4) is 0 Å². The third-order valence-electron chi connectivity index (χ3n) is 5.32. The number of rotatable bonds is 7. The van der Waals surface area contributed by atoms with E-state index in [1.807, 2.05) is 0 Å². The van der Waals surface area contributed by atoms with E-state index in [1.54, 1.807) is 13.1 Å². The summed E-state index contributed by atoms with van der Waals surface area (Å²) in [7, 11) is 1.66. The number of carbonyl (C=O) groups excluding carboxylic acids is 2. The second kappa shape index (κ2) is 8.44. The third kappa shape index (κ3) is 4.89. The summed E-state index contributed by atoms with van der Waals surface area (Å²) < 4.78 is 38.6.